The van der Waals surface area contributed by atoms with Crippen molar-refractivity contribution in [1.29, 1.82) is 0 Å². The van der Waals surface area contributed by atoms with E-state index in [1.54, 1.807) is 24.4 Å². The second kappa shape index (κ2) is 7.13. The van der Waals surface area contributed by atoms with Crippen molar-refractivity contribution in [2.75, 3.05) is 0 Å². The summed E-state index contributed by atoms with van der Waals surface area (Å²) < 4.78 is 0. The quantitative estimate of drug-likeness (QED) is 0.498. The molecule has 0 radical (unpaired) electrons. The van der Waals surface area contributed by atoms with Crippen LogP contribution in [0, 0.1) is 0 Å². The fourth-order valence-corrected chi connectivity index (χ4v) is 1.96. The second-order valence-electron chi connectivity index (χ2n) is 4.87. The lowest BCUT2D eigenvalue weighted by Crippen LogP contribution is -1.80. The molecule has 4 heteroatoms. The van der Waals surface area contributed by atoms with Crippen molar-refractivity contribution in [3.8, 4) is 5.75 Å². The summed E-state index contributed by atoms with van der Waals surface area (Å²) in [6.45, 7) is 0. The monoisotopic (exact) mass is 301 g/mol. The average molecular weight is 301 g/mol. The van der Waals surface area contributed by atoms with Crippen LogP contribution >= 0.6 is 0 Å². The molecule has 0 atom stereocenters. The Morgan fingerprint density at radius 2 is 1.17 bits per heavy atom. The third-order valence-electron chi connectivity index (χ3n) is 3.18. The molecule has 112 valence electrons. The number of phenolic OH excluding ortho intramolecular Hbond substituents is 1. The summed E-state index contributed by atoms with van der Waals surface area (Å²) in [6, 6.07) is 24.1. The van der Waals surface area contributed by atoms with Crippen LogP contribution < -0.4 is 0 Å². The zero-order chi connectivity index (χ0) is 15.9. The van der Waals surface area contributed by atoms with Crippen LogP contribution in [-0.4, -0.2) is 11.3 Å². The number of rotatable bonds is 4. The van der Waals surface area contributed by atoms with Gasteiger partial charge < -0.3 is 5.11 Å². The van der Waals surface area contributed by atoms with Gasteiger partial charge in [-0.2, -0.15) is 10.2 Å². The van der Waals surface area contributed by atoms with Gasteiger partial charge in [-0.25, -0.2) is 0 Å². The number of benzene rings is 3. The Balaban J connectivity index is 1.70. The smallest absolute Gasteiger partial charge is 0.124 e. The maximum absolute atomic E-state index is 9.69. The Labute approximate surface area is 134 Å². The summed E-state index contributed by atoms with van der Waals surface area (Å²) in [4.78, 5) is 4.34. The summed E-state index contributed by atoms with van der Waals surface area (Å²) in [5.74, 6) is 0.213. The van der Waals surface area contributed by atoms with E-state index in [4.69, 9.17) is 0 Å². The molecule has 0 saturated carbocycles. The summed E-state index contributed by atoms with van der Waals surface area (Å²) in [5.41, 5.74) is 3.04. The first-order chi connectivity index (χ1) is 11.3. The molecular formula is C19H15N3O. The van der Waals surface area contributed by atoms with Crippen LogP contribution in [-0.2, 0) is 0 Å². The second-order valence-corrected chi connectivity index (χ2v) is 4.87. The van der Waals surface area contributed by atoms with Crippen LogP contribution in [0.5, 0.6) is 5.75 Å². The van der Waals surface area contributed by atoms with E-state index < -0.39 is 0 Å². The molecule has 0 fully saturated rings. The van der Waals surface area contributed by atoms with Crippen LogP contribution in [0.3, 0.4) is 0 Å². The minimum Gasteiger partial charge on any atom is -0.507 e. The molecule has 0 unspecified atom stereocenters. The summed E-state index contributed by atoms with van der Waals surface area (Å²) in [5, 5.41) is 18.0. The number of para-hydroxylation sites is 1. The third-order valence-corrected chi connectivity index (χ3v) is 3.18. The van der Waals surface area contributed by atoms with Crippen molar-refractivity contribution >= 4 is 23.3 Å². The van der Waals surface area contributed by atoms with Crippen molar-refractivity contribution in [1.82, 2.24) is 0 Å². The molecule has 0 amide bonds. The largest absolute Gasteiger partial charge is 0.507 e. The van der Waals surface area contributed by atoms with Gasteiger partial charge >= 0.3 is 0 Å². The van der Waals surface area contributed by atoms with Gasteiger partial charge in [0.25, 0.3) is 0 Å². The SMILES string of the molecule is Oc1ccccc1C=Nc1ccc(/N=N/c2ccccc2)cc1. The van der Waals surface area contributed by atoms with Gasteiger partial charge in [0.05, 0.1) is 17.1 Å². The van der Waals surface area contributed by atoms with E-state index in [1.165, 1.54) is 0 Å². The molecule has 0 spiro atoms. The Hall–Kier alpha value is -3.27. The Morgan fingerprint density at radius 3 is 1.87 bits per heavy atom. The molecule has 3 aromatic rings. The molecule has 23 heavy (non-hydrogen) atoms. The first kappa shape index (κ1) is 14.7. The lowest BCUT2D eigenvalue weighted by molar-refractivity contribution is 0.474. The molecular weight excluding hydrogens is 286 g/mol. The van der Waals surface area contributed by atoms with Gasteiger partial charge in [0.1, 0.15) is 5.75 Å². The van der Waals surface area contributed by atoms with E-state index in [9.17, 15) is 5.11 Å². The molecule has 0 aliphatic carbocycles. The Kier molecular flexibility index (Phi) is 4.55. The molecule has 1 N–H and O–H groups in total. The van der Waals surface area contributed by atoms with Crippen molar-refractivity contribution in [2.24, 2.45) is 15.2 Å². The molecule has 4 nitrogen and oxygen atoms in total. The minimum atomic E-state index is 0.213. The summed E-state index contributed by atoms with van der Waals surface area (Å²) in [6.07, 6.45) is 1.63. The number of aromatic hydroxyl groups is 1. The lowest BCUT2D eigenvalue weighted by Gasteiger charge is -1.98. The van der Waals surface area contributed by atoms with Crippen LogP contribution in [0.15, 0.2) is 94.1 Å². The fourth-order valence-electron chi connectivity index (χ4n) is 1.96. The molecule has 3 aromatic carbocycles. The van der Waals surface area contributed by atoms with E-state index in [-0.39, 0.29) is 5.75 Å². The molecule has 0 bridgehead atoms. The number of nitrogens with zero attached hydrogens (tertiary/aromatic N) is 3. The lowest BCUT2D eigenvalue weighted by atomic mass is 10.2. The predicted molar refractivity (Wildman–Crippen MR) is 92.4 cm³/mol. The van der Waals surface area contributed by atoms with Crippen LogP contribution in [0.2, 0.25) is 0 Å². The van der Waals surface area contributed by atoms with Gasteiger partial charge in [0.15, 0.2) is 0 Å². The van der Waals surface area contributed by atoms with Crippen molar-refractivity contribution in [3.63, 3.8) is 0 Å². The first-order valence-corrected chi connectivity index (χ1v) is 7.20. The van der Waals surface area contributed by atoms with Gasteiger partial charge in [-0.15, -0.1) is 0 Å². The number of hydrogen-bond acceptors (Lipinski definition) is 4. The van der Waals surface area contributed by atoms with E-state index in [0.717, 1.165) is 17.1 Å². The molecule has 0 aliphatic heterocycles. The minimum absolute atomic E-state index is 0.213. The van der Waals surface area contributed by atoms with Crippen LogP contribution in [0.4, 0.5) is 17.1 Å². The maximum atomic E-state index is 9.69. The summed E-state index contributed by atoms with van der Waals surface area (Å²) >= 11 is 0. The van der Waals surface area contributed by atoms with E-state index >= 15 is 0 Å². The van der Waals surface area contributed by atoms with Gasteiger partial charge in [-0.05, 0) is 48.5 Å². The summed E-state index contributed by atoms with van der Waals surface area (Å²) in [7, 11) is 0. The van der Waals surface area contributed by atoms with E-state index in [0.29, 0.717) is 5.56 Å². The topological polar surface area (TPSA) is 57.3 Å². The molecule has 3 rings (SSSR count). The Bertz CT molecular complexity index is 825. The standard InChI is InChI=1S/C19H15N3O/c23-19-9-5-4-6-15(19)14-20-16-10-12-18(13-11-16)22-21-17-7-2-1-3-8-17/h1-14,23H/b20-14?,22-21+. The number of hydrogen-bond donors (Lipinski definition) is 1. The highest BCUT2D eigenvalue weighted by molar-refractivity contribution is 5.85. The van der Waals surface area contributed by atoms with Gasteiger partial charge in [0.2, 0.25) is 0 Å². The average Bonchev–Trinajstić information content (AvgIpc) is 2.61. The predicted octanol–water partition coefficient (Wildman–Crippen LogP) is 5.56. The zero-order valence-electron chi connectivity index (χ0n) is 12.4. The van der Waals surface area contributed by atoms with Gasteiger partial charge in [-0.1, -0.05) is 30.3 Å². The van der Waals surface area contributed by atoms with Crippen molar-refractivity contribution < 1.29 is 5.11 Å². The van der Waals surface area contributed by atoms with Crippen molar-refractivity contribution in [3.05, 3.63) is 84.4 Å². The fraction of sp³-hybridized carbons (Fsp3) is 0. The highest BCUT2D eigenvalue weighted by Crippen LogP contribution is 2.22. The molecule has 0 aliphatic rings. The molecule has 0 aromatic heterocycles. The molecule has 0 heterocycles. The maximum Gasteiger partial charge on any atom is 0.124 e. The molecule has 0 saturated heterocycles. The number of aliphatic imine (C=N–C) groups is 1. The first-order valence-electron chi connectivity index (χ1n) is 7.20. The zero-order valence-corrected chi connectivity index (χ0v) is 12.4. The third kappa shape index (κ3) is 4.11. The van der Waals surface area contributed by atoms with E-state index in [1.807, 2.05) is 60.7 Å². The highest BCUT2D eigenvalue weighted by Gasteiger charge is 1.96. The van der Waals surface area contributed by atoms with Crippen molar-refractivity contribution in [2.45, 2.75) is 0 Å². The highest BCUT2D eigenvalue weighted by atomic mass is 16.3. The van der Waals surface area contributed by atoms with Crippen LogP contribution in [0.1, 0.15) is 5.56 Å². The van der Waals surface area contributed by atoms with Gasteiger partial charge in [0, 0.05) is 11.8 Å². The van der Waals surface area contributed by atoms with Gasteiger partial charge in [-0.3, -0.25) is 4.99 Å². The Morgan fingerprint density at radius 1 is 0.609 bits per heavy atom. The number of azo groups is 1. The van der Waals surface area contributed by atoms with Crippen LogP contribution in [0.25, 0.3) is 0 Å². The normalized spacial score (nSPS) is 11.3. The number of phenols is 1. The van der Waals surface area contributed by atoms with E-state index in [2.05, 4.69) is 15.2 Å².